The van der Waals surface area contributed by atoms with Gasteiger partial charge in [0, 0.05) is 44.8 Å². The zero-order chi connectivity index (χ0) is 23.6. The molecule has 0 spiro atoms. The van der Waals surface area contributed by atoms with Gasteiger partial charge in [-0.25, -0.2) is 16.8 Å². The van der Waals surface area contributed by atoms with Gasteiger partial charge in [0.25, 0.3) is 0 Å². The van der Waals surface area contributed by atoms with Gasteiger partial charge in [-0.05, 0) is 17.7 Å². The van der Waals surface area contributed by atoms with Crippen molar-refractivity contribution >= 4 is 19.7 Å². The van der Waals surface area contributed by atoms with Gasteiger partial charge in [0.2, 0.25) is 0 Å². The lowest BCUT2D eigenvalue weighted by molar-refractivity contribution is 0.101. The topological polar surface area (TPSA) is 93.2 Å². The van der Waals surface area contributed by atoms with Crippen LogP contribution in [0.3, 0.4) is 0 Å². The molecule has 2 fully saturated rings. The molecule has 0 radical (unpaired) electrons. The molecule has 0 saturated carbocycles. The number of hydrogen-bond donors (Lipinski definition) is 0. The molecule has 10 heteroatoms. The lowest BCUT2D eigenvalue weighted by atomic mass is 10.1. The minimum absolute atomic E-state index is 0.0509. The van der Waals surface area contributed by atoms with Crippen molar-refractivity contribution in [2.45, 2.75) is 22.7 Å². The first-order valence-corrected chi connectivity index (χ1v) is 14.3. The lowest BCUT2D eigenvalue weighted by Crippen LogP contribution is -2.54. The standard InChI is InChI=1S/C23H30N2O6S2/c1-30-21-9-8-19(14-22(21)31-2)33(28,29)23-17-32(26,27)16-20(23)25-12-10-24(11-13-25)15-18-6-4-3-5-7-18/h3-9,14,20,23H,10-13,15-17H2,1-2H3/t20-,23-/m0/s1. The third-order valence-corrected chi connectivity index (χ3v) is 10.6. The molecule has 2 saturated heterocycles. The molecule has 2 aromatic rings. The third kappa shape index (κ3) is 5.18. The number of hydrogen-bond acceptors (Lipinski definition) is 8. The van der Waals surface area contributed by atoms with Crippen molar-refractivity contribution in [2.24, 2.45) is 0 Å². The quantitative estimate of drug-likeness (QED) is 0.571. The first-order chi connectivity index (χ1) is 15.7. The molecule has 0 aromatic heterocycles. The van der Waals surface area contributed by atoms with Crippen molar-refractivity contribution in [1.29, 1.82) is 0 Å². The van der Waals surface area contributed by atoms with Crippen LogP contribution in [0, 0.1) is 0 Å². The van der Waals surface area contributed by atoms with Crippen LogP contribution >= 0.6 is 0 Å². The van der Waals surface area contributed by atoms with E-state index in [1.807, 2.05) is 23.1 Å². The van der Waals surface area contributed by atoms with E-state index >= 15 is 0 Å². The van der Waals surface area contributed by atoms with Gasteiger partial charge in [0.1, 0.15) is 0 Å². The summed E-state index contributed by atoms with van der Waals surface area (Å²) in [7, 11) is -4.45. The van der Waals surface area contributed by atoms with Crippen LogP contribution in [0.15, 0.2) is 53.4 Å². The van der Waals surface area contributed by atoms with E-state index in [4.69, 9.17) is 9.47 Å². The highest BCUT2D eigenvalue weighted by Crippen LogP contribution is 2.34. The summed E-state index contributed by atoms with van der Waals surface area (Å²) < 4.78 is 62.7. The molecule has 2 aromatic carbocycles. The van der Waals surface area contributed by atoms with Crippen molar-refractivity contribution in [1.82, 2.24) is 9.80 Å². The Morgan fingerprint density at radius 1 is 0.909 bits per heavy atom. The van der Waals surface area contributed by atoms with Crippen LogP contribution in [0.25, 0.3) is 0 Å². The largest absolute Gasteiger partial charge is 0.493 e. The Bertz CT molecular complexity index is 1180. The zero-order valence-electron chi connectivity index (χ0n) is 18.9. The van der Waals surface area contributed by atoms with Gasteiger partial charge in [-0.15, -0.1) is 0 Å². The lowest BCUT2D eigenvalue weighted by Gasteiger charge is -2.39. The first kappa shape index (κ1) is 24.0. The van der Waals surface area contributed by atoms with E-state index in [9.17, 15) is 16.8 Å². The van der Waals surface area contributed by atoms with Crippen LogP contribution in [0.5, 0.6) is 11.5 Å². The predicted octanol–water partition coefficient (Wildman–Crippen LogP) is 1.46. The summed E-state index contributed by atoms with van der Waals surface area (Å²) >= 11 is 0. The summed E-state index contributed by atoms with van der Waals surface area (Å²) in [6.45, 7) is 3.60. The number of benzene rings is 2. The van der Waals surface area contributed by atoms with Crippen molar-refractivity contribution in [3.05, 3.63) is 54.1 Å². The molecule has 8 nitrogen and oxygen atoms in total. The zero-order valence-corrected chi connectivity index (χ0v) is 20.5. The molecule has 0 bridgehead atoms. The second-order valence-corrected chi connectivity index (χ2v) is 12.9. The highest BCUT2D eigenvalue weighted by molar-refractivity contribution is 7.96. The van der Waals surface area contributed by atoms with Gasteiger partial charge in [-0.1, -0.05) is 30.3 Å². The Labute approximate surface area is 195 Å². The van der Waals surface area contributed by atoms with E-state index in [-0.39, 0.29) is 16.4 Å². The minimum Gasteiger partial charge on any atom is -0.493 e. The summed E-state index contributed by atoms with van der Waals surface area (Å²) in [5.74, 6) is 0.216. The SMILES string of the molecule is COc1ccc(S(=O)(=O)[C@H]2CS(=O)(=O)C[C@@H]2N2CCN(Cc3ccccc3)CC2)cc1OC. The van der Waals surface area contributed by atoms with Crippen LogP contribution in [0.4, 0.5) is 0 Å². The molecule has 2 atom stereocenters. The average Bonchev–Trinajstić information content (AvgIpc) is 3.16. The van der Waals surface area contributed by atoms with Crippen molar-refractivity contribution in [3.63, 3.8) is 0 Å². The molecular formula is C23H30N2O6S2. The van der Waals surface area contributed by atoms with Crippen LogP contribution in [-0.4, -0.2) is 89.8 Å². The van der Waals surface area contributed by atoms with Gasteiger partial charge in [-0.3, -0.25) is 9.80 Å². The predicted molar refractivity (Wildman–Crippen MR) is 126 cm³/mol. The van der Waals surface area contributed by atoms with Gasteiger partial charge in [0.15, 0.2) is 31.2 Å². The molecule has 0 N–H and O–H groups in total. The molecule has 33 heavy (non-hydrogen) atoms. The van der Waals surface area contributed by atoms with E-state index < -0.39 is 31.0 Å². The fourth-order valence-electron chi connectivity index (χ4n) is 4.70. The van der Waals surface area contributed by atoms with Crippen LogP contribution in [-0.2, 0) is 26.2 Å². The van der Waals surface area contributed by atoms with Gasteiger partial charge < -0.3 is 9.47 Å². The Morgan fingerprint density at radius 2 is 1.58 bits per heavy atom. The van der Waals surface area contributed by atoms with Crippen LogP contribution < -0.4 is 9.47 Å². The van der Waals surface area contributed by atoms with Crippen molar-refractivity contribution in [3.8, 4) is 11.5 Å². The maximum absolute atomic E-state index is 13.6. The molecule has 2 heterocycles. The van der Waals surface area contributed by atoms with E-state index in [0.29, 0.717) is 24.6 Å². The number of methoxy groups -OCH3 is 2. The third-order valence-electron chi connectivity index (χ3n) is 6.48. The van der Waals surface area contributed by atoms with Crippen molar-refractivity contribution < 1.29 is 26.3 Å². The first-order valence-electron chi connectivity index (χ1n) is 10.9. The number of ether oxygens (including phenoxy) is 2. The Hall–Kier alpha value is -2.14. The fraction of sp³-hybridized carbons (Fsp3) is 0.478. The maximum atomic E-state index is 13.6. The highest BCUT2D eigenvalue weighted by Gasteiger charge is 2.48. The molecular weight excluding hydrogens is 464 g/mol. The Morgan fingerprint density at radius 3 is 2.21 bits per heavy atom. The summed E-state index contributed by atoms with van der Waals surface area (Å²) in [6.07, 6.45) is 0. The second-order valence-electron chi connectivity index (χ2n) is 8.54. The fourth-order valence-corrected chi connectivity index (χ4v) is 9.54. The van der Waals surface area contributed by atoms with Crippen LogP contribution in [0.2, 0.25) is 0 Å². The van der Waals surface area contributed by atoms with Crippen molar-refractivity contribution in [2.75, 3.05) is 51.9 Å². The van der Waals surface area contributed by atoms with E-state index in [2.05, 4.69) is 17.0 Å². The number of nitrogens with zero attached hydrogens (tertiary/aromatic N) is 2. The van der Waals surface area contributed by atoms with E-state index in [0.717, 1.165) is 19.6 Å². The highest BCUT2D eigenvalue weighted by atomic mass is 32.2. The molecule has 2 aliphatic heterocycles. The number of piperazine rings is 1. The van der Waals surface area contributed by atoms with Gasteiger partial charge >= 0.3 is 0 Å². The summed E-state index contributed by atoms with van der Waals surface area (Å²) in [6, 6.07) is 14.0. The number of sulfone groups is 2. The number of rotatable bonds is 7. The summed E-state index contributed by atoms with van der Waals surface area (Å²) in [5, 5.41) is -1.01. The monoisotopic (exact) mass is 494 g/mol. The summed E-state index contributed by atoms with van der Waals surface area (Å²) in [4.78, 5) is 4.40. The molecule has 180 valence electrons. The molecule has 0 unspecified atom stereocenters. The van der Waals surface area contributed by atoms with Gasteiger partial charge in [0.05, 0.1) is 35.9 Å². The van der Waals surface area contributed by atoms with E-state index in [1.165, 1.54) is 38.0 Å². The molecule has 2 aliphatic rings. The summed E-state index contributed by atoms with van der Waals surface area (Å²) in [5.41, 5.74) is 1.23. The Balaban J connectivity index is 1.52. The van der Waals surface area contributed by atoms with E-state index in [1.54, 1.807) is 0 Å². The second kappa shape index (κ2) is 9.61. The molecule has 4 rings (SSSR count). The Kier molecular flexibility index (Phi) is 6.99. The normalized spacial score (nSPS) is 23.9. The van der Waals surface area contributed by atoms with Gasteiger partial charge in [-0.2, -0.15) is 0 Å². The van der Waals surface area contributed by atoms with Crippen LogP contribution in [0.1, 0.15) is 5.56 Å². The smallest absolute Gasteiger partial charge is 0.183 e. The molecule has 0 amide bonds. The molecule has 0 aliphatic carbocycles. The minimum atomic E-state index is -3.90. The average molecular weight is 495 g/mol. The maximum Gasteiger partial charge on any atom is 0.183 e.